The predicted molar refractivity (Wildman–Crippen MR) is 76.1 cm³/mol. The first-order valence-corrected chi connectivity index (χ1v) is 7.19. The molecule has 2 atom stereocenters. The molecule has 0 spiro atoms. The zero-order chi connectivity index (χ0) is 13.0. The number of morpholine rings is 1. The van der Waals surface area contributed by atoms with Crippen molar-refractivity contribution in [3.8, 4) is 5.75 Å². The molecular formula is C14H20BrNO2. The molecule has 0 bridgehead atoms. The smallest absolute Gasteiger partial charge is 0.120 e. The van der Waals surface area contributed by atoms with E-state index in [0.29, 0.717) is 12.2 Å². The zero-order valence-electron chi connectivity index (χ0n) is 10.9. The molecule has 1 aliphatic rings. The molecule has 0 aromatic heterocycles. The van der Waals surface area contributed by atoms with Gasteiger partial charge >= 0.3 is 0 Å². The molecule has 1 aliphatic heterocycles. The molecule has 0 aliphatic carbocycles. The number of hydrogen-bond acceptors (Lipinski definition) is 3. The van der Waals surface area contributed by atoms with Gasteiger partial charge in [0.2, 0.25) is 0 Å². The quantitative estimate of drug-likeness (QED) is 0.853. The van der Waals surface area contributed by atoms with Crippen molar-refractivity contribution in [2.24, 2.45) is 0 Å². The van der Waals surface area contributed by atoms with Gasteiger partial charge in [-0.2, -0.15) is 0 Å². The fourth-order valence-corrected chi connectivity index (χ4v) is 2.69. The molecule has 2 rings (SSSR count). The molecule has 1 aromatic carbocycles. The summed E-state index contributed by atoms with van der Waals surface area (Å²) in [7, 11) is 0. The van der Waals surface area contributed by atoms with Crippen LogP contribution >= 0.6 is 15.9 Å². The van der Waals surface area contributed by atoms with Crippen LogP contribution in [0.1, 0.15) is 13.8 Å². The van der Waals surface area contributed by atoms with Crippen LogP contribution in [0.25, 0.3) is 0 Å². The maximum atomic E-state index is 5.75. The summed E-state index contributed by atoms with van der Waals surface area (Å²) in [5.74, 6) is 0.915. The van der Waals surface area contributed by atoms with E-state index in [-0.39, 0.29) is 0 Å². The number of benzene rings is 1. The van der Waals surface area contributed by atoms with Crippen LogP contribution in [0.2, 0.25) is 0 Å². The summed E-state index contributed by atoms with van der Waals surface area (Å²) >= 11 is 3.44. The largest absolute Gasteiger partial charge is 0.492 e. The summed E-state index contributed by atoms with van der Waals surface area (Å²) in [5, 5.41) is 0. The van der Waals surface area contributed by atoms with Gasteiger partial charge in [-0.1, -0.05) is 22.0 Å². The molecule has 1 aromatic rings. The van der Waals surface area contributed by atoms with Gasteiger partial charge in [0, 0.05) is 24.1 Å². The Labute approximate surface area is 117 Å². The van der Waals surface area contributed by atoms with Crippen LogP contribution in [0.5, 0.6) is 5.75 Å². The third kappa shape index (κ3) is 4.26. The Kier molecular flexibility index (Phi) is 5.03. The summed E-state index contributed by atoms with van der Waals surface area (Å²) < 4.78 is 12.5. The number of rotatable bonds is 4. The predicted octanol–water partition coefficient (Wildman–Crippen LogP) is 2.94. The standard InChI is InChI=1S/C14H20BrNO2/c1-11-9-16(10-12(2)18-11)6-7-17-14-5-3-4-13(15)8-14/h3-5,8,11-12H,6-7,9-10H2,1-2H3/t11-,12+. The second-order valence-corrected chi connectivity index (χ2v) is 5.74. The summed E-state index contributed by atoms with van der Waals surface area (Å²) in [6.07, 6.45) is 0.638. The van der Waals surface area contributed by atoms with Crippen LogP contribution in [-0.2, 0) is 4.74 Å². The molecule has 0 radical (unpaired) electrons. The highest BCUT2D eigenvalue weighted by molar-refractivity contribution is 9.10. The van der Waals surface area contributed by atoms with Crippen LogP contribution in [0.3, 0.4) is 0 Å². The van der Waals surface area contributed by atoms with E-state index in [0.717, 1.165) is 36.5 Å². The minimum absolute atomic E-state index is 0.319. The summed E-state index contributed by atoms with van der Waals surface area (Å²) in [4.78, 5) is 2.40. The van der Waals surface area contributed by atoms with Crippen LogP contribution in [0.15, 0.2) is 28.7 Å². The monoisotopic (exact) mass is 313 g/mol. The Morgan fingerprint density at radius 1 is 1.33 bits per heavy atom. The number of nitrogens with zero attached hydrogens (tertiary/aromatic N) is 1. The topological polar surface area (TPSA) is 21.7 Å². The number of ether oxygens (including phenoxy) is 2. The number of halogens is 1. The van der Waals surface area contributed by atoms with Gasteiger partial charge < -0.3 is 9.47 Å². The first kappa shape index (κ1) is 13.8. The van der Waals surface area contributed by atoms with Crippen LogP contribution in [-0.4, -0.2) is 43.3 Å². The van der Waals surface area contributed by atoms with E-state index >= 15 is 0 Å². The van der Waals surface area contributed by atoms with Crippen molar-refractivity contribution in [1.29, 1.82) is 0 Å². The average Bonchev–Trinajstić information content (AvgIpc) is 2.27. The first-order chi connectivity index (χ1) is 8.63. The van der Waals surface area contributed by atoms with E-state index in [9.17, 15) is 0 Å². The molecule has 4 heteroatoms. The zero-order valence-corrected chi connectivity index (χ0v) is 12.5. The summed E-state index contributed by atoms with van der Waals surface area (Å²) in [6, 6.07) is 7.95. The third-order valence-corrected chi connectivity index (χ3v) is 3.46. The van der Waals surface area contributed by atoms with Crippen molar-refractivity contribution in [2.45, 2.75) is 26.1 Å². The van der Waals surface area contributed by atoms with Gasteiger partial charge in [0.1, 0.15) is 12.4 Å². The van der Waals surface area contributed by atoms with Crippen LogP contribution < -0.4 is 4.74 Å². The van der Waals surface area contributed by atoms with E-state index in [1.54, 1.807) is 0 Å². The molecule has 1 saturated heterocycles. The Bertz CT molecular complexity index is 376. The third-order valence-electron chi connectivity index (χ3n) is 2.97. The molecule has 3 nitrogen and oxygen atoms in total. The van der Waals surface area contributed by atoms with Gasteiger partial charge in [0.25, 0.3) is 0 Å². The van der Waals surface area contributed by atoms with Crippen molar-refractivity contribution < 1.29 is 9.47 Å². The highest BCUT2D eigenvalue weighted by atomic mass is 79.9. The fourth-order valence-electron chi connectivity index (χ4n) is 2.32. The Balaban J connectivity index is 1.75. The molecule has 1 fully saturated rings. The minimum Gasteiger partial charge on any atom is -0.492 e. The molecule has 0 amide bonds. The van der Waals surface area contributed by atoms with Gasteiger partial charge in [-0.3, -0.25) is 4.90 Å². The second-order valence-electron chi connectivity index (χ2n) is 4.82. The molecular weight excluding hydrogens is 294 g/mol. The lowest BCUT2D eigenvalue weighted by molar-refractivity contribution is -0.0699. The normalized spacial score (nSPS) is 25.1. The summed E-state index contributed by atoms with van der Waals surface area (Å²) in [6.45, 7) is 7.90. The molecule has 100 valence electrons. The van der Waals surface area contributed by atoms with E-state index in [2.05, 4.69) is 34.7 Å². The maximum absolute atomic E-state index is 5.75. The lowest BCUT2D eigenvalue weighted by atomic mass is 10.2. The van der Waals surface area contributed by atoms with Crippen molar-refractivity contribution in [3.05, 3.63) is 28.7 Å². The second kappa shape index (κ2) is 6.55. The highest BCUT2D eigenvalue weighted by Crippen LogP contribution is 2.18. The van der Waals surface area contributed by atoms with E-state index in [1.165, 1.54) is 0 Å². The van der Waals surface area contributed by atoms with Crippen molar-refractivity contribution in [1.82, 2.24) is 4.90 Å². The van der Waals surface area contributed by atoms with Crippen LogP contribution in [0, 0.1) is 0 Å². The molecule has 18 heavy (non-hydrogen) atoms. The van der Waals surface area contributed by atoms with Gasteiger partial charge in [0.05, 0.1) is 12.2 Å². The Hall–Kier alpha value is -0.580. The Morgan fingerprint density at radius 2 is 2.06 bits per heavy atom. The highest BCUT2D eigenvalue weighted by Gasteiger charge is 2.21. The van der Waals surface area contributed by atoms with E-state index in [4.69, 9.17) is 9.47 Å². The van der Waals surface area contributed by atoms with Gasteiger partial charge in [-0.05, 0) is 32.0 Å². The molecule has 0 N–H and O–H groups in total. The SMILES string of the molecule is C[C@@H]1CN(CCOc2cccc(Br)c2)C[C@H](C)O1. The molecule has 0 unspecified atom stereocenters. The van der Waals surface area contributed by atoms with Gasteiger partial charge in [-0.15, -0.1) is 0 Å². The lowest BCUT2D eigenvalue weighted by Gasteiger charge is -2.35. The van der Waals surface area contributed by atoms with Gasteiger partial charge in [-0.25, -0.2) is 0 Å². The number of hydrogen-bond donors (Lipinski definition) is 0. The van der Waals surface area contributed by atoms with E-state index in [1.807, 2.05) is 24.3 Å². The average molecular weight is 314 g/mol. The minimum atomic E-state index is 0.319. The molecule has 1 heterocycles. The van der Waals surface area contributed by atoms with Crippen LogP contribution in [0.4, 0.5) is 0 Å². The lowest BCUT2D eigenvalue weighted by Crippen LogP contribution is -2.46. The van der Waals surface area contributed by atoms with Crippen molar-refractivity contribution in [2.75, 3.05) is 26.2 Å². The summed E-state index contributed by atoms with van der Waals surface area (Å²) in [5.41, 5.74) is 0. The maximum Gasteiger partial charge on any atom is 0.120 e. The fraction of sp³-hybridized carbons (Fsp3) is 0.571. The first-order valence-electron chi connectivity index (χ1n) is 6.39. The molecule has 0 saturated carbocycles. The Morgan fingerprint density at radius 3 is 2.72 bits per heavy atom. The van der Waals surface area contributed by atoms with E-state index < -0.39 is 0 Å². The van der Waals surface area contributed by atoms with Crippen molar-refractivity contribution in [3.63, 3.8) is 0 Å². The van der Waals surface area contributed by atoms with Crippen molar-refractivity contribution >= 4 is 15.9 Å². The van der Waals surface area contributed by atoms with Gasteiger partial charge in [0.15, 0.2) is 0 Å².